The molecule has 1 aliphatic heterocycles. The molecule has 148 valence electrons. The van der Waals surface area contributed by atoms with E-state index >= 15 is 0 Å². The van der Waals surface area contributed by atoms with Gasteiger partial charge >= 0.3 is 6.18 Å². The maximum atomic E-state index is 13.4. The van der Waals surface area contributed by atoms with Crippen molar-refractivity contribution in [3.63, 3.8) is 0 Å². The van der Waals surface area contributed by atoms with Gasteiger partial charge < -0.3 is 15.6 Å². The topological polar surface area (TPSA) is 77.2 Å². The summed E-state index contributed by atoms with van der Waals surface area (Å²) in [7, 11) is 0. The molecule has 1 aromatic heterocycles. The number of aromatic amines is 1. The number of benzene rings is 1. The van der Waals surface area contributed by atoms with Crippen LogP contribution in [0.1, 0.15) is 10.5 Å². The number of rotatable bonds is 4. The normalized spacial score (nSPS) is 16.6. The summed E-state index contributed by atoms with van der Waals surface area (Å²) in [6.07, 6.45) is -4.46. The van der Waals surface area contributed by atoms with Gasteiger partial charge in [-0.2, -0.15) is 13.2 Å². The highest BCUT2D eigenvalue weighted by atomic mass is 35.5. The van der Waals surface area contributed by atoms with Crippen LogP contribution in [0.3, 0.4) is 0 Å². The predicted octanol–water partition coefficient (Wildman–Crippen LogP) is 1.52. The second kappa shape index (κ2) is 8.73. The van der Waals surface area contributed by atoms with Gasteiger partial charge in [0.25, 0.3) is 11.5 Å². The number of hydrogen-bond donors (Lipinski definition) is 3. The number of carbonyl (C=O) groups is 1. The van der Waals surface area contributed by atoms with E-state index < -0.39 is 30.2 Å². The highest BCUT2D eigenvalue weighted by Crippen LogP contribution is 2.24. The number of piperazine rings is 1. The van der Waals surface area contributed by atoms with Gasteiger partial charge in [0.05, 0.1) is 0 Å². The quantitative estimate of drug-likeness (QED) is 0.722. The Labute approximate surface area is 159 Å². The van der Waals surface area contributed by atoms with Gasteiger partial charge in [-0.3, -0.25) is 14.5 Å². The minimum Gasteiger partial charge on any atom is -0.349 e. The van der Waals surface area contributed by atoms with Crippen LogP contribution in [0.2, 0.25) is 0 Å². The lowest BCUT2D eigenvalue weighted by Crippen LogP contribution is -2.57. The van der Waals surface area contributed by atoms with Crippen LogP contribution >= 0.6 is 12.4 Å². The van der Waals surface area contributed by atoms with Crippen LogP contribution in [0.15, 0.2) is 35.1 Å². The van der Waals surface area contributed by atoms with Crippen molar-refractivity contribution in [3.05, 3.63) is 46.4 Å². The Morgan fingerprint density at radius 2 is 1.89 bits per heavy atom. The molecule has 0 aliphatic carbocycles. The van der Waals surface area contributed by atoms with Crippen LogP contribution in [-0.4, -0.2) is 60.7 Å². The summed E-state index contributed by atoms with van der Waals surface area (Å²) in [4.78, 5) is 28.0. The summed E-state index contributed by atoms with van der Waals surface area (Å²) in [6, 6.07) is 6.38. The summed E-state index contributed by atoms with van der Waals surface area (Å²) < 4.78 is 40.1. The molecule has 1 fully saturated rings. The molecule has 1 aromatic carbocycles. The number of amides is 1. The van der Waals surface area contributed by atoms with Gasteiger partial charge in [0.2, 0.25) is 0 Å². The van der Waals surface area contributed by atoms with Gasteiger partial charge in [-0.15, -0.1) is 12.4 Å². The lowest BCUT2D eigenvalue weighted by Gasteiger charge is -2.35. The summed E-state index contributed by atoms with van der Waals surface area (Å²) in [5, 5.41) is 6.27. The monoisotopic (exact) mass is 404 g/mol. The van der Waals surface area contributed by atoms with Crippen LogP contribution in [0.4, 0.5) is 13.2 Å². The number of H-pyrrole nitrogens is 1. The molecule has 1 aliphatic rings. The van der Waals surface area contributed by atoms with Crippen LogP contribution in [0.5, 0.6) is 0 Å². The number of carbonyl (C=O) groups excluding carboxylic acids is 1. The minimum atomic E-state index is -4.46. The van der Waals surface area contributed by atoms with E-state index in [4.69, 9.17) is 0 Å². The van der Waals surface area contributed by atoms with Gasteiger partial charge in [0, 0.05) is 38.1 Å². The maximum absolute atomic E-state index is 13.4. The van der Waals surface area contributed by atoms with Gasteiger partial charge in [-0.05, 0) is 17.5 Å². The van der Waals surface area contributed by atoms with Crippen molar-refractivity contribution in [2.45, 2.75) is 12.2 Å². The summed E-state index contributed by atoms with van der Waals surface area (Å²) in [6.45, 7) is 0.883. The standard InChI is InChI=1S/C17H19F3N4O2.ClH/c18-17(19,20)14(24-7-5-21-6-8-24)10-22-16(26)13-9-11-3-1-2-4-12(11)15(25)23-13;/h1-4,9,14,21H,5-8,10H2,(H,22,26)(H,23,25);1H. The molecular weight excluding hydrogens is 385 g/mol. The fourth-order valence-electron chi connectivity index (χ4n) is 3.06. The highest BCUT2D eigenvalue weighted by Gasteiger charge is 2.43. The van der Waals surface area contributed by atoms with Gasteiger partial charge in [-0.1, -0.05) is 18.2 Å². The molecule has 0 spiro atoms. The number of nitrogens with zero attached hydrogens (tertiary/aromatic N) is 1. The third-order valence-corrected chi connectivity index (χ3v) is 4.42. The second-order valence-corrected chi connectivity index (χ2v) is 6.15. The van der Waals surface area contributed by atoms with Crippen molar-refractivity contribution in [1.82, 2.24) is 20.5 Å². The van der Waals surface area contributed by atoms with Crippen LogP contribution in [-0.2, 0) is 0 Å². The lowest BCUT2D eigenvalue weighted by molar-refractivity contribution is -0.183. The van der Waals surface area contributed by atoms with Crippen LogP contribution in [0.25, 0.3) is 10.8 Å². The number of aromatic nitrogens is 1. The van der Waals surface area contributed by atoms with Crippen molar-refractivity contribution >= 4 is 29.1 Å². The Hall–Kier alpha value is -2.10. The van der Waals surface area contributed by atoms with E-state index in [1.165, 1.54) is 11.0 Å². The second-order valence-electron chi connectivity index (χ2n) is 6.15. The fraction of sp³-hybridized carbons (Fsp3) is 0.412. The van der Waals surface area contributed by atoms with E-state index in [9.17, 15) is 22.8 Å². The number of hydrogen-bond acceptors (Lipinski definition) is 4. The molecule has 2 heterocycles. The summed E-state index contributed by atoms with van der Waals surface area (Å²) in [5.74, 6) is -0.739. The smallest absolute Gasteiger partial charge is 0.349 e. The molecule has 27 heavy (non-hydrogen) atoms. The molecule has 3 rings (SSSR count). The van der Waals surface area contributed by atoms with E-state index in [-0.39, 0.29) is 31.2 Å². The number of nitrogens with one attached hydrogen (secondary N) is 3. The first-order chi connectivity index (χ1) is 12.4. The van der Waals surface area contributed by atoms with E-state index in [1.54, 1.807) is 24.3 Å². The maximum Gasteiger partial charge on any atom is 0.405 e. The molecule has 0 radical (unpaired) electrons. The van der Waals surface area contributed by atoms with Gasteiger partial charge in [0.1, 0.15) is 11.7 Å². The molecule has 10 heteroatoms. The molecule has 1 atom stereocenters. The van der Waals surface area contributed by atoms with E-state index in [0.29, 0.717) is 23.9 Å². The molecule has 0 saturated carbocycles. The summed E-state index contributed by atoms with van der Waals surface area (Å²) >= 11 is 0. The Balaban J connectivity index is 0.00000261. The van der Waals surface area contributed by atoms with Crippen LogP contribution < -0.4 is 16.2 Å². The van der Waals surface area contributed by atoms with E-state index in [0.717, 1.165) is 0 Å². The van der Waals surface area contributed by atoms with Gasteiger partial charge in [0.15, 0.2) is 0 Å². The molecule has 0 bridgehead atoms. The zero-order valence-corrected chi connectivity index (χ0v) is 15.1. The van der Waals surface area contributed by atoms with Crippen LogP contribution in [0, 0.1) is 0 Å². The first-order valence-corrected chi connectivity index (χ1v) is 8.28. The van der Waals surface area contributed by atoms with Crippen molar-refractivity contribution in [2.24, 2.45) is 0 Å². The van der Waals surface area contributed by atoms with E-state index in [2.05, 4.69) is 15.6 Å². The Morgan fingerprint density at radius 1 is 1.22 bits per heavy atom. The number of fused-ring (bicyclic) bond motifs is 1. The van der Waals surface area contributed by atoms with Crippen molar-refractivity contribution in [3.8, 4) is 0 Å². The molecule has 2 aromatic rings. The molecular formula is C17H20ClF3N4O2. The third-order valence-electron chi connectivity index (χ3n) is 4.42. The molecule has 3 N–H and O–H groups in total. The SMILES string of the molecule is Cl.O=C(NCC(N1CCNCC1)C(F)(F)F)c1cc2ccccc2c(=O)[nH]1. The molecule has 1 unspecified atom stereocenters. The molecule has 1 saturated heterocycles. The predicted molar refractivity (Wildman–Crippen MR) is 98.4 cm³/mol. The Bertz CT molecular complexity index is 850. The molecule has 6 nitrogen and oxygen atoms in total. The number of alkyl halides is 3. The minimum absolute atomic E-state index is 0. The fourth-order valence-corrected chi connectivity index (χ4v) is 3.06. The first kappa shape index (κ1) is 21.2. The average molecular weight is 405 g/mol. The number of halogens is 4. The summed E-state index contributed by atoms with van der Waals surface area (Å²) in [5.41, 5.74) is -0.516. The zero-order chi connectivity index (χ0) is 18.7. The molecule has 1 amide bonds. The third kappa shape index (κ3) is 5.00. The Morgan fingerprint density at radius 3 is 2.56 bits per heavy atom. The average Bonchev–Trinajstić information content (AvgIpc) is 2.61. The van der Waals surface area contributed by atoms with Crippen molar-refractivity contribution in [1.29, 1.82) is 0 Å². The number of pyridine rings is 1. The Kier molecular flexibility index (Phi) is 6.85. The lowest BCUT2D eigenvalue weighted by atomic mass is 10.1. The largest absolute Gasteiger partial charge is 0.405 e. The van der Waals surface area contributed by atoms with E-state index in [1.807, 2.05) is 0 Å². The van der Waals surface area contributed by atoms with Crippen molar-refractivity contribution < 1.29 is 18.0 Å². The van der Waals surface area contributed by atoms with Gasteiger partial charge in [-0.25, -0.2) is 0 Å². The zero-order valence-electron chi connectivity index (χ0n) is 14.3. The highest BCUT2D eigenvalue weighted by molar-refractivity contribution is 5.96. The first-order valence-electron chi connectivity index (χ1n) is 8.28. The van der Waals surface area contributed by atoms with Crippen molar-refractivity contribution in [2.75, 3.05) is 32.7 Å².